The van der Waals surface area contributed by atoms with Gasteiger partial charge in [0.1, 0.15) is 0 Å². The van der Waals surface area contributed by atoms with Gasteiger partial charge >= 0.3 is 0 Å². The van der Waals surface area contributed by atoms with Crippen LogP contribution in [0, 0.1) is 0 Å². The average molecular weight is 275 g/mol. The van der Waals surface area contributed by atoms with Gasteiger partial charge in [-0.3, -0.25) is 0 Å². The molecule has 0 unspecified atom stereocenters. The molecule has 0 amide bonds. The van der Waals surface area contributed by atoms with Gasteiger partial charge in [0, 0.05) is 5.57 Å². The van der Waals surface area contributed by atoms with E-state index in [1.807, 2.05) is 0 Å². The molecule has 0 saturated heterocycles. The van der Waals surface area contributed by atoms with Gasteiger partial charge < -0.3 is 8.85 Å². The first-order valence-corrected chi connectivity index (χ1v) is 13.4. The standard InChI is InChI=1S/C13H30O2Si2/c1-9-10-11-12(2)13(14-16(3,4)5)15-17(6,7)8/h9-11H2,1-8H3. The van der Waals surface area contributed by atoms with Gasteiger partial charge in [0.15, 0.2) is 0 Å². The largest absolute Gasteiger partial charge is 0.521 e. The summed E-state index contributed by atoms with van der Waals surface area (Å²) in [7, 11) is -3.17. The zero-order valence-electron chi connectivity index (χ0n) is 12.9. The molecule has 0 radical (unpaired) electrons. The SMILES string of the molecule is CCCCC(C)=C(O[Si](C)(C)C)O[Si](C)(C)C. The van der Waals surface area contributed by atoms with Gasteiger partial charge in [0.2, 0.25) is 22.6 Å². The molecular formula is C13H30O2Si2. The van der Waals surface area contributed by atoms with E-state index in [9.17, 15) is 0 Å². The summed E-state index contributed by atoms with van der Waals surface area (Å²) in [5.74, 6) is 0.830. The Morgan fingerprint density at radius 1 is 0.882 bits per heavy atom. The molecule has 4 heteroatoms. The maximum atomic E-state index is 6.10. The fourth-order valence-electron chi connectivity index (χ4n) is 1.30. The second-order valence-corrected chi connectivity index (χ2v) is 15.5. The van der Waals surface area contributed by atoms with Gasteiger partial charge in [-0.25, -0.2) is 0 Å². The van der Waals surface area contributed by atoms with Crippen molar-refractivity contribution in [3.8, 4) is 0 Å². The molecule has 0 aromatic carbocycles. The lowest BCUT2D eigenvalue weighted by atomic mass is 10.1. The highest BCUT2D eigenvalue weighted by atomic mass is 28.4. The van der Waals surface area contributed by atoms with Crippen LogP contribution in [0.3, 0.4) is 0 Å². The minimum atomic E-state index is -1.58. The van der Waals surface area contributed by atoms with Crippen molar-refractivity contribution in [1.82, 2.24) is 0 Å². The van der Waals surface area contributed by atoms with E-state index in [-0.39, 0.29) is 0 Å². The monoisotopic (exact) mass is 274 g/mol. The van der Waals surface area contributed by atoms with Crippen LogP contribution in [0.2, 0.25) is 39.3 Å². The van der Waals surface area contributed by atoms with E-state index in [2.05, 4.69) is 53.1 Å². The van der Waals surface area contributed by atoms with Gasteiger partial charge in [-0.2, -0.15) is 0 Å². The highest BCUT2D eigenvalue weighted by molar-refractivity contribution is 6.71. The fourth-order valence-corrected chi connectivity index (χ4v) is 2.92. The first kappa shape index (κ1) is 16.8. The van der Waals surface area contributed by atoms with E-state index in [1.54, 1.807) is 0 Å². The summed E-state index contributed by atoms with van der Waals surface area (Å²) >= 11 is 0. The van der Waals surface area contributed by atoms with E-state index in [0.717, 1.165) is 12.4 Å². The maximum Gasteiger partial charge on any atom is 0.250 e. The summed E-state index contributed by atoms with van der Waals surface area (Å²) in [5, 5.41) is 0. The lowest BCUT2D eigenvalue weighted by molar-refractivity contribution is 0.208. The first-order valence-electron chi connectivity index (χ1n) is 6.63. The van der Waals surface area contributed by atoms with Crippen LogP contribution in [0.4, 0.5) is 0 Å². The third kappa shape index (κ3) is 9.47. The molecule has 102 valence electrons. The molecular weight excluding hydrogens is 244 g/mol. The molecule has 0 aliphatic rings. The Morgan fingerprint density at radius 3 is 1.59 bits per heavy atom. The van der Waals surface area contributed by atoms with E-state index in [4.69, 9.17) is 8.85 Å². The number of unbranched alkanes of at least 4 members (excludes halogenated alkanes) is 1. The van der Waals surface area contributed by atoms with Crippen LogP contribution in [0.25, 0.3) is 0 Å². The Balaban J connectivity index is 4.83. The number of hydrogen-bond acceptors (Lipinski definition) is 2. The smallest absolute Gasteiger partial charge is 0.250 e. The second kappa shape index (κ2) is 6.64. The second-order valence-electron chi connectivity index (χ2n) is 6.60. The zero-order chi connectivity index (χ0) is 13.7. The molecule has 0 saturated carbocycles. The van der Waals surface area contributed by atoms with Crippen LogP contribution in [0.15, 0.2) is 11.5 Å². The molecule has 0 bridgehead atoms. The third-order valence-corrected chi connectivity index (χ3v) is 3.65. The molecule has 0 fully saturated rings. The average Bonchev–Trinajstić information content (AvgIpc) is 2.08. The van der Waals surface area contributed by atoms with Gasteiger partial charge in [-0.15, -0.1) is 0 Å². The first-order chi connectivity index (χ1) is 7.55. The van der Waals surface area contributed by atoms with Crippen LogP contribution < -0.4 is 0 Å². The Kier molecular flexibility index (Phi) is 6.55. The van der Waals surface area contributed by atoms with Crippen LogP contribution in [0.1, 0.15) is 33.1 Å². The normalized spacial score (nSPS) is 12.2. The molecule has 17 heavy (non-hydrogen) atoms. The van der Waals surface area contributed by atoms with Gasteiger partial charge in [0.25, 0.3) is 0 Å². The van der Waals surface area contributed by atoms with Crippen LogP contribution in [-0.2, 0) is 8.85 Å². The predicted octanol–water partition coefficient (Wildman–Crippen LogP) is 5.11. The lowest BCUT2D eigenvalue weighted by Crippen LogP contribution is -2.32. The van der Waals surface area contributed by atoms with Gasteiger partial charge in [-0.1, -0.05) is 13.3 Å². The van der Waals surface area contributed by atoms with E-state index in [1.165, 1.54) is 18.4 Å². The molecule has 0 rings (SSSR count). The Hall–Kier alpha value is -0.226. The summed E-state index contributed by atoms with van der Waals surface area (Å²) in [5.41, 5.74) is 1.27. The number of allylic oxidation sites excluding steroid dienone is 1. The minimum Gasteiger partial charge on any atom is -0.521 e. The van der Waals surface area contributed by atoms with Crippen LogP contribution in [0.5, 0.6) is 0 Å². The van der Waals surface area contributed by atoms with Crippen molar-refractivity contribution < 1.29 is 8.85 Å². The molecule has 0 aromatic rings. The van der Waals surface area contributed by atoms with E-state index < -0.39 is 16.6 Å². The number of hydrogen-bond donors (Lipinski definition) is 0. The van der Waals surface area contributed by atoms with Crippen LogP contribution in [-0.4, -0.2) is 16.6 Å². The quantitative estimate of drug-likeness (QED) is 0.474. The highest BCUT2D eigenvalue weighted by Gasteiger charge is 2.25. The minimum absolute atomic E-state index is 0.830. The molecule has 0 aliphatic carbocycles. The summed E-state index contributed by atoms with van der Waals surface area (Å²) in [6.45, 7) is 17.6. The molecule has 2 nitrogen and oxygen atoms in total. The molecule has 0 aliphatic heterocycles. The third-order valence-electron chi connectivity index (χ3n) is 2.05. The molecule has 0 heterocycles. The topological polar surface area (TPSA) is 18.5 Å². The highest BCUT2D eigenvalue weighted by Crippen LogP contribution is 2.22. The summed E-state index contributed by atoms with van der Waals surface area (Å²) in [6, 6.07) is 0. The molecule has 0 atom stereocenters. The van der Waals surface area contributed by atoms with Gasteiger partial charge in [-0.05, 0) is 59.0 Å². The van der Waals surface area contributed by atoms with Crippen molar-refractivity contribution in [2.75, 3.05) is 0 Å². The van der Waals surface area contributed by atoms with Crippen molar-refractivity contribution >= 4 is 16.6 Å². The summed E-state index contributed by atoms with van der Waals surface area (Å²) in [4.78, 5) is 0. The van der Waals surface area contributed by atoms with Crippen molar-refractivity contribution in [3.63, 3.8) is 0 Å². The zero-order valence-corrected chi connectivity index (χ0v) is 14.9. The molecule has 0 spiro atoms. The van der Waals surface area contributed by atoms with Crippen molar-refractivity contribution in [2.45, 2.75) is 72.4 Å². The Bertz CT molecular complexity index is 242. The van der Waals surface area contributed by atoms with E-state index in [0.29, 0.717) is 0 Å². The molecule has 0 aromatic heterocycles. The fraction of sp³-hybridized carbons (Fsp3) is 0.846. The Labute approximate surface area is 110 Å². The van der Waals surface area contributed by atoms with Gasteiger partial charge in [0.05, 0.1) is 0 Å². The summed E-state index contributed by atoms with van der Waals surface area (Å²) in [6.07, 6.45) is 3.50. The molecule has 0 N–H and O–H groups in total. The predicted molar refractivity (Wildman–Crippen MR) is 81.1 cm³/mol. The van der Waals surface area contributed by atoms with Crippen molar-refractivity contribution in [1.29, 1.82) is 0 Å². The maximum absolute atomic E-state index is 6.10. The van der Waals surface area contributed by atoms with Crippen LogP contribution >= 0.6 is 0 Å². The Morgan fingerprint density at radius 2 is 1.29 bits per heavy atom. The van der Waals surface area contributed by atoms with Crippen molar-refractivity contribution in [3.05, 3.63) is 11.5 Å². The number of rotatable bonds is 7. The van der Waals surface area contributed by atoms with Crippen molar-refractivity contribution in [2.24, 2.45) is 0 Å². The summed E-state index contributed by atoms with van der Waals surface area (Å²) < 4.78 is 12.2. The van der Waals surface area contributed by atoms with E-state index >= 15 is 0 Å². The lowest BCUT2D eigenvalue weighted by Gasteiger charge is -2.29.